The first-order chi connectivity index (χ1) is 14.0. The summed E-state index contributed by atoms with van der Waals surface area (Å²) in [7, 11) is 0. The van der Waals surface area contributed by atoms with Crippen LogP contribution < -0.4 is 5.32 Å². The van der Waals surface area contributed by atoms with Crippen LogP contribution in [0.4, 0.5) is 0 Å². The highest BCUT2D eigenvalue weighted by Crippen LogP contribution is 2.27. The van der Waals surface area contributed by atoms with Crippen molar-refractivity contribution in [1.82, 2.24) is 10.2 Å². The van der Waals surface area contributed by atoms with Crippen molar-refractivity contribution < 1.29 is 9.59 Å². The fourth-order valence-corrected chi connectivity index (χ4v) is 3.67. The maximum Gasteiger partial charge on any atom is 0.242 e. The van der Waals surface area contributed by atoms with Gasteiger partial charge in [0.05, 0.1) is 6.42 Å². The summed E-state index contributed by atoms with van der Waals surface area (Å²) in [5.41, 5.74) is 1.55. The average Bonchev–Trinajstić information content (AvgIpc) is 2.71. The van der Waals surface area contributed by atoms with Gasteiger partial charge in [0.15, 0.2) is 0 Å². The van der Waals surface area contributed by atoms with Crippen LogP contribution in [0, 0.1) is 0 Å². The number of unbranched alkanes of at least 4 members (excludes halogenated alkanes) is 1. The van der Waals surface area contributed by atoms with Crippen molar-refractivity contribution in [3.8, 4) is 0 Å². The number of nitrogens with zero attached hydrogens (tertiary/aromatic N) is 1. The summed E-state index contributed by atoms with van der Waals surface area (Å²) < 4.78 is 0. The highest BCUT2D eigenvalue weighted by Gasteiger charge is 2.29. The minimum absolute atomic E-state index is 0.135. The number of rotatable bonds is 10. The zero-order chi connectivity index (χ0) is 21.2. The predicted molar refractivity (Wildman–Crippen MR) is 119 cm³/mol. The summed E-state index contributed by atoms with van der Waals surface area (Å²) in [5.74, 6) is -0.282. The van der Waals surface area contributed by atoms with Crippen molar-refractivity contribution in [2.75, 3.05) is 6.54 Å². The molecule has 0 bridgehead atoms. The third-order valence-electron chi connectivity index (χ3n) is 4.80. The zero-order valence-electron chi connectivity index (χ0n) is 17.0. The van der Waals surface area contributed by atoms with Crippen LogP contribution in [0.25, 0.3) is 0 Å². The summed E-state index contributed by atoms with van der Waals surface area (Å²) in [6.07, 6.45) is 2.60. The average molecular weight is 435 g/mol. The van der Waals surface area contributed by atoms with Gasteiger partial charge in [0, 0.05) is 28.7 Å². The lowest BCUT2D eigenvalue weighted by atomic mass is 10.1. The second-order valence-electron chi connectivity index (χ2n) is 6.95. The Morgan fingerprint density at radius 1 is 1.00 bits per heavy atom. The molecule has 6 heteroatoms. The van der Waals surface area contributed by atoms with Crippen LogP contribution in [0.15, 0.2) is 48.5 Å². The lowest BCUT2D eigenvalue weighted by Crippen LogP contribution is -2.49. The first-order valence-electron chi connectivity index (χ1n) is 10.0. The van der Waals surface area contributed by atoms with E-state index >= 15 is 0 Å². The molecular formula is C23H28Cl2N2O2. The molecule has 0 saturated heterocycles. The second kappa shape index (κ2) is 11.8. The first-order valence-corrected chi connectivity index (χ1v) is 10.8. The van der Waals surface area contributed by atoms with Gasteiger partial charge in [-0.2, -0.15) is 0 Å². The minimum atomic E-state index is -0.588. The number of nitrogens with one attached hydrogen (secondary N) is 1. The number of hydrogen-bond acceptors (Lipinski definition) is 2. The maximum absolute atomic E-state index is 13.2. The van der Waals surface area contributed by atoms with E-state index in [-0.39, 0.29) is 24.8 Å². The zero-order valence-corrected chi connectivity index (χ0v) is 18.5. The normalized spacial score (nSPS) is 11.7. The second-order valence-corrected chi connectivity index (χ2v) is 7.77. The van der Waals surface area contributed by atoms with Crippen molar-refractivity contribution >= 4 is 35.0 Å². The van der Waals surface area contributed by atoms with Crippen molar-refractivity contribution in [2.45, 2.75) is 52.1 Å². The SMILES string of the molecule is CCCCNC(=O)C(CC)N(Cc1c(Cl)cccc1Cl)C(=O)Cc1ccccc1. The Labute approximate surface area is 183 Å². The van der Waals surface area contributed by atoms with Gasteiger partial charge in [0.2, 0.25) is 11.8 Å². The first kappa shape index (κ1) is 23.2. The molecule has 1 N–H and O–H groups in total. The minimum Gasteiger partial charge on any atom is -0.354 e. The third-order valence-corrected chi connectivity index (χ3v) is 5.51. The summed E-state index contributed by atoms with van der Waals surface area (Å²) in [5, 5.41) is 3.92. The van der Waals surface area contributed by atoms with Gasteiger partial charge in [-0.05, 0) is 30.5 Å². The molecule has 0 fully saturated rings. The van der Waals surface area contributed by atoms with Gasteiger partial charge in [0.25, 0.3) is 0 Å². The Balaban J connectivity index is 2.30. The van der Waals surface area contributed by atoms with E-state index in [1.54, 1.807) is 23.1 Å². The third kappa shape index (κ3) is 6.76. The number of benzene rings is 2. The molecule has 0 aliphatic carbocycles. The topological polar surface area (TPSA) is 49.4 Å². The molecule has 0 aliphatic rings. The lowest BCUT2D eigenvalue weighted by Gasteiger charge is -2.31. The summed E-state index contributed by atoms with van der Waals surface area (Å²) in [6.45, 7) is 4.75. The van der Waals surface area contributed by atoms with Gasteiger partial charge in [-0.1, -0.05) is 79.9 Å². The van der Waals surface area contributed by atoms with Crippen molar-refractivity contribution in [3.63, 3.8) is 0 Å². The molecule has 2 aromatic carbocycles. The summed E-state index contributed by atoms with van der Waals surface area (Å²) in [4.78, 5) is 27.7. The van der Waals surface area contributed by atoms with E-state index in [0.29, 0.717) is 28.6 Å². The van der Waals surface area contributed by atoms with Crippen LogP contribution in [0.5, 0.6) is 0 Å². The summed E-state index contributed by atoms with van der Waals surface area (Å²) >= 11 is 12.7. The van der Waals surface area contributed by atoms with E-state index in [2.05, 4.69) is 12.2 Å². The molecule has 0 spiro atoms. The number of halogens is 2. The number of hydrogen-bond donors (Lipinski definition) is 1. The van der Waals surface area contributed by atoms with Crippen molar-refractivity contribution in [3.05, 3.63) is 69.7 Å². The Morgan fingerprint density at radius 3 is 2.24 bits per heavy atom. The molecule has 0 saturated carbocycles. The molecule has 0 aromatic heterocycles. The highest BCUT2D eigenvalue weighted by atomic mass is 35.5. The molecule has 0 radical (unpaired) electrons. The smallest absolute Gasteiger partial charge is 0.242 e. The van der Waals surface area contributed by atoms with Crippen LogP contribution in [-0.4, -0.2) is 29.3 Å². The Bertz CT molecular complexity index is 792. The molecule has 1 atom stereocenters. The maximum atomic E-state index is 13.2. The van der Waals surface area contributed by atoms with E-state index in [9.17, 15) is 9.59 Å². The number of carbonyl (C=O) groups excluding carboxylic acids is 2. The molecule has 1 unspecified atom stereocenters. The van der Waals surface area contributed by atoms with Crippen LogP contribution in [0.1, 0.15) is 44.2 Å². The van der Waals surface area contributed by atoms with E-state index in [4.69, 9.17) is 23.2 Å². The molecule has 4 nitrogen and oxygen atoms in total. The van der Waals surface area contributed by atoms with E-state index in [1.807, 2.05) is 37.3 Å². The fraction of sp³-hybridized carbons (Fsp3) is 0.391. The van der Waals surface area contributed by atoms with Crippen molar-refractivity contribution in [1.29, 1.82) is 0 Å². The van der Waals surface area contributed by atoms with E-state index in [1.165, 1.54) is 0 Å². The van der Waals surface area contributed by atoms with Gasteiger partial charge in [-0.25, -0.2) is 0 Å². The van der Waals surface area contributed by atoms with Gasteiger partial charge in [-0.3, -0.25) is 9.59 Å². The largest absolute Gasteiger partial charge is 0.354 e. The predicted octanol–water partition coefficient (Wildman–Crippen LogP) is 5.26. The number of carbonyl (C=O) groups is 2. The van der Waals surface area contributed by atoms with Gasteiger partial charge >= 0.3 is 0 Å². The molecular weight excluding hydrogens is 407 g/mol. The number of amides is 2. The molecule has 29 heavy (non-hydrogen) atoms. The van der Waals surface area contributed by atoms with Crippen LogP contribution in [0.2, 0.25) is 10.0 Å². The van der Waals surface area contributed by atoms with E-state index in [0.717, 1.165) is 18.4 Å². The summed E-state index contributed by atoms with van der Waals surface area (Å²) in [6, 6.07) is 14.2. The standard InChI is InChI=1S/C23H28Cl2N2O2/c1-3-5-14-26-23(29)21(4-2)27(16-18-19(24)12-9-13-20(18)25)22(28)15-17-10-7-6-8-11-17/h6-13,21H,3-5,14-16H2,1-2H3,(H,26,29). The highest BCUT2D eigenvalue weighted by molar-refractivity contribution is 6.36. The molecule has 156 valence electrons. The van der Waals surface area contributed by atoms with Crippen LogP contribution in [0.3, 0.4) is 0 Å². The Kier molecular flexibility index (Phi) is 9.49. The molecule has 2 rings (SSSR count). The van der Waals surface area contributed by atoms with Gasteiger partial charge < -0.3 is 10.2 Å². The molecule has 0 heterocycles. The van der Waals surface area contributed by atoms with Gasteiger partial charge in [0.1, 0.15) is 6.04 Å². The fourth-order valence-electron chi connectivity index (χ4n) is 3.15. The van der Waals surface area contributed by atoms with Crippen molar-refractivity contribution in [2.24, 2.45) is 0 Å². The monoisotopic (exact) mass is 434 g/mol. The lowest BCUT2D eigenvalue weighted by molar-refractivity contribution is -0.140. The Morgan fingerprint density at radius 2 is 1.66 bits per heavy atom. The molecule has 2 amide bonds. The van der Waals surface area contributed by atoms with Crippen LogP contribution >= 0.6 is 23.2 Å². The molecule has 0 aliphatic heterocycles. The van der Waals surface area contributed by atoms with E-state index < -0.39 is 6.04 Å². The molecule has 2 aromatic rings. The quantitative estimate of drug-likeness (QED) is 0.518. The van der Waals surface area contributed by atoms with Gasteiger partial charge in [-0.15, -0.1) is 0 Å². The van der Waals surface area contributed by atoms with Crippen LogP contribution in [-0.2, 0) is 22.6 Å². The Hall–Kier alpha value is -2.04.